The Morgan fingerprint density at radius 1 is 1.08 bits per heavy atom. The maximum absolute atomic E-state index is 11.9. The number of aromatic nitrogens is 4. The molecule has 0 atom stereocenters. The Kier molecular flexibility index (Phi) is 6.81. The van der Waals surface area contributed by atoms with E-state index in [0.717, 1.165) is 16.9 Å². The summed E-state index contributed by atoms with van der Waals surface area (Å²) in [4.78, 5) is 22.3. The molecule has 12 nitrogen and oxygen atoms in total. The number of nitrogens with one attached hydrogen (secondary N) is 2. The van der Waals surface area contributed by atoms with Crippen LogP contribution in [0.15, 0.2) is 60.9 Å². The minimum atomic E-state index is -0.400. The lowest BCUT2D eigenvalue weighted by Gasteiger charge is -2.29. The Bertz CT molecular complexity index is 1420. The third-order valence-corrected chi connectivity index (χ3v) is 5.93. The van der Waals surface area contributed by atoms with Crippen LogP contribution >= 0.6 is 0 Å². The van der Waals surface area contributed by atoms with Gasteiger partial charge in [0.25, 0.3) is 5.69 Å². The Labute approximate surface area is 213 Å². The van der Waals surface area contributed by atoms with E-state index in [0.29, 0.717) is 49.2 Å². The normalized spacial score (nSPS) is 13.3. The van der Waals surface area contributed by atoms with Gasteiger partial charge in [0.1, 0.15) is 17.3 Å². The van der Waals surface area contributed by atoms with Gasteiger partial charge in [-0.2, -0.15) is 10.1 Å². The van der Waals surface area contributed by atoms with Gasteiger partial charge in [-0.25, -0.2) is 4.98 Å². The number of aryl methyl sites for hydroxylation is 1. The third-order valence-electron chi connectivity index (χ3n) is 5.93. The van der Waals surface area contributed by atoms with E-state index in [2.05, 4.69) is 25.7 Å². The summed E-state index contributed by atoms with van der Waals surface area (Å²) in [6.07, 6.45) is 3.49. The molecule has 190 valence electrons. The van der Waals surface area contributed by atoms with Crippen LogP contribution in [0.3, 0.4) is 0 Å². The molecule has 2 N–H and O–H groups in total. The summed E-state index contributed by atoms with van der Waals surface area (Å²) in [6.45, 7) is 2.15. The monoisotopic (exact) mass is 502 g/mol. The Morgan fingerprint density at radius 2 is 1.89 bits per heavy atom. The van der Waals surface area contributed by atoms with Gasteiger partial charge >= 0.3 is 0 Å². The van der Waals surface area contributed by atoms with Crippen molar-refractivity contribution in [2.45, 2.75) is 0 Å². The molecule has 0 radical (unpaired) electrons. The van der Waals surface area contributed by atoms with Crippen molar-refractivity contribution in [3.8, 4) is 17.0 Å². The summed E-state index contributed by atoms with van der Waals surface area (Å²) in [5, 5.41) is 22.8. The van der Waals surface area contributed by atoms with Crippen LogP contribution in [-0.2, 0) is 11.8 Å². The summed E-state index contributed by atoms with van der Waals surface area (Å²) in [5.41, 5.74) is 3.41. The first-order valence-corrected chi connectivity index (χ1v) is 11.7. The maximum Gasteiger partial charge on any atom is 0.294 e. The second-order valence-corrected chi connectivity index (χ2v) is 8.33. The first-order chi connectivity index (χ1) is 18.0. The van der Waals surface area contributed by atoms with Crippen LogP contribution < -0.4 is 20.3 Å². The molecule has 37 heavy (non-hydrogen) atoms. The molecule has 5 rings (SSSR count). The average Bonchev–Trinajstić information content (AvgIpc) is 3.35. The molecule has 0 aliphatic carbocycles. The highest BCUT2D eigenvalue weighted by molar-refractivity contribution is 5.79. The van der Waals surface area contributed by atoms with Crippen LogP contribution in [-0.4, -0.2) is 58.1 Å². The van der Waals surface area contributed by atoms with Crippen LogP contribution in [0, 0.1) is 10.1 Å². The molecule has 0 unspecified atom stereocenters. The number of hydrogen-bond acceptors (Lipinski definition) is 10. The Hall–Kier alpha value is -4.71. The summed E-state index contributed by atoms with van der Waals surface area (Å²) >= 11 is 0. The van der Waals surface area contributed by atoms with E-state index < -0.39 is 4.92 Å². The zero-order valence-electron chi connectivity index (χ0n) is 20.4. The smallest absolute Gasteiger partial charge is 0.294 e. The SMILES string of the molecule is COc1cc(N2CCOCC2)c([N+](=O)[O-])cc1Nc1nccc(Nc2ccccc2-c2ccn(C)n2)n1. The van der Waals surface area contributed by atoms with Crippen LogP contribution in [0.4, 0.5) is 34.5 Å². The molecular weight excluding hydrogens is 476 g/mol. The zero-order valence-corrected chi connectivity index (χ0v) is 20.4. The number of benzene rings is 2. The minimum absolute atomic E-state index is 0.0382. The van der Waals surface area contributed by atoms with E-state index in [9.17, 15) is 10.1 Å². The van der Waals surface area contributed by atoms with E-state index in [1.54, 1.807) is 23.0 Å². The van der Waals surface area contributed by atoms with Gasteiger partial charge in [-0.1, -0.05) is 18.2 Å². The molecule has 0 bridgehead atoms. The first-order valence-electron chi connectivity index (χ1n) is 11.7. The lowest BCUT2D eigenvalue weighted by atomic mass is 10.1. The highest BCUT2D eigenvalue weighted by Gasteiger charge is 2.25. The maximum atomic E-state index is 11.9. The Balaban J connectivity index is 1.42. The summed E-state index contributed by atoms with van der Waals surface area (Å²) in [7, 11) is 3.39. The number of anilines is 5. The predicted molar refractivity (Wildman–Crippen MR) is 140 cm³/mol. The van der Waals surface area contributed by atoms with Crippen molar-refractivity contribution >= 4 is 34.5 Å². The molecule has 0 saturated carbocycles. The van der Waals surface area contributed by atoms with Crippen LogP contribution in [0.25, 0.3) is 11.3 Å². The third kappa shape index (κ3) is 5.28. The number of rotatable bonds is 8. The minimum Gasteiger partial charge on any atom is -0.494 e. The molecule has 4 aromatic rings. The van der Waals surface area contributed by atoms with Crippen LogP contribution in [0.2, 0.25) is 0 Å². The molecule has 0 spiro atoms. The fourth-order valence-electron chi connectivity index (χ4n) is 4.15. The van der Waals surface area contributed by atoms with Gasteiger partial charge in [-0.15, -0.1) is 0 Å². The molecule has 1 saturated heterocycles. The second kappa shape index (κ2) is 10.5. The number of para-hydroxylation sites is 1. The van der Waals surface area contributed by atoms with Crippen molar-refractivity contribution in [2.24, 2.45) is 7.05 Å². The first kappa shape index (κ1) is 24.0. The van der Waals surface area contributed by atoms with Crippen molar-refractivity contribution in [3.63, 3.8) is 0 Å². The van der Waals surface area contributed by atoms with Crippen molar-refractivity contribution in [1.29, 1.82) is 0 Å². The number of nitrogens with zero attached hydrogens (tertiary/aromatic N) is 6. The molecule has 1 fully saturated rings. The topological polar surface area (TPSA) is 132 Å². The fourth-order valence-corrected chi connectivity index (χ4v) is 4.15. The zero-order chi connectivity index (χ0) is 25.8. The molecular formula is C25H26N8O4. The summed E-state index contributed by atoms with van der Waals surface area (Å²) in [5.74, 6) is 1.24. The lowest BCUT2D eigenvalue weighted by Crippen LogP contribution is -2.36. The van der Waals surface area contributed by atoms with E-state index >= 15 is 0 Å². The second-order valence-electron chi connectivity index (χ2n) is 8.33. The van der Waals surface area contributed by atoms with Crippen LogP contribution in [0.5, 0.6) is 5.75 Å². The number of morpholine rings is 1. The summed E-state index contributed by atoms with van der Waals surface area (Å²) < 4.78 is 12.7. The van der Waals surface area contributed by atoms with Gasteiger partial charge in [-0.05, 0) is 18.2 Å². The van der Waals surface area contributed by atoms with E-state index in [4.69, 9.17) is 9.47 Å². The van der Waals surface area contributed by atoms with Gasteiger partial charge < -0.3 is 25.0 Å². The van der Waals surface area contributed by atoms with E-state index in [1.165, 1.54) is 13.2 Å². The molecule has 2 aromatic carbocycles. The quantitative estimate of drug-likeness (QED) is 0.268. The van der Waals surface area contributed by atoms with E-state index in [-0.39, 0.29) is 11.6 Å². The van der Waals surface area contributed by atoms with Gasteiger partial charge in [0.15, 0.2) is 0 Å². The van der Waals surface area contributed by atoms with Gasteiger partial charge in [0, 0.05) is 55.9 Å². The standard InChI is InChI=1S/C25H26N8O4/c1-31-10-8-19(30-31)17-5-3-4-6-18(17)27-24-7-9-26-25(29-24)28-20-15-22(33(34)35)21(16-23(20)36-2)32-11-13-37-14-12-32/h3-10,15-16H,11-14H2,1-2H3,(H2,26,27,28,29). The molecule has 12 heteroatoms. The number of hydrogen-bond donors (Lipinski definition) is 2. The molecule has 0 amide bonds. The number of nitro benzene ring substituents is 1. The average molecular weight is 503 g/mol. The van der Waals surface area contributed by atoms with Gasteiger partial charge in [0.2, 0.25) is 5.95 Å². The van der Waals surface area contributed by atoms with E-state index in [1.807, 2.05) is 48.5 Å². The largest absolute Gasteiger partial charge is 0.494 e. The van der Waals surface area contributed by atoms with Crippen molar-refractivity contribution < 1.29 is 14.4 Å². The van der Waals surface area contributed by atoms with Crippen molar-refractivity contribution in [3.05, 3.63) is 71.0 Å². The number of methoxy groups -OCH3 is 1. The molecule has 1 aliphatic heterocycles. The fraction of sp³-hybridized carbons (Fsp3) is 0.240. The molecule has 3 heterocycles. The number of ether oxygens (including phenoxy) is 2. The molecule has 2 aromatic heterocycles. The summed E-state index contributed by atoms with van der Waals surface area (Å²) in [6, 6.07) is 14.6. The highest BCUT2D eigenvalue weighted by atomic mass is 16.6. The van der Waals surface area contributed by atoms with Gasteiger partial charge in [0.05, 0.1) is 36.6 Å². The van der Waals surface area contributed by atoms with Crippen molar-refractivity contribution in [1.82, 2.24) is 19.7 Å². The van der Waals surface area contributed by atoms with Crippen molar-refractivity contribution in [2.75, 3.05) is 48.9 Å². The van der Waals surface area contributed by atoms with Gasteiger partial charge in [-0.3, -0.25) is 14.8 Å². The predicted octanol–water partition coefficient (Wildman–Crippen LogP) is 4.12. The lowest BCUT2D eigenvalue weighted by molar-refractivity contribution is -0.384. The number of nitro groups is 1. The molecule has 1 aliphatic rings. The van der Waals surface area contributed by atoms with Crippen LogP contribution in [0.1, 0.15) is 0 Å². The highest BCUT2D eigenvalue weighted by Crippen LogP contribution is 2.39. The Morgan fingerprint density at radius 3 is 2.62 bits per heavy atom.